The molecule has 1 aromatic carbocycles. The molecule has 0 aromatic heterocycles. The van der Waals surface area contributed by atoms with Crippen LogP contribution < -0.4 is 4.74 Å². The van der Waals surface area contributed by atoms with E-state index in [1.165, 1.54) is 18.6 Å². The SMILES string of the molecule is FC(F)(F)Oc1ccc(/C=C/C2/C=C(Br)\C=C/CCCC2)cc1. The Morgan fingerprint density at radius 2 is 1.87 bits per heavy atom. The third kappa shape index (κ3) is 7.08. The molecule has 124 valence electrons. The van der Waals surface area contributed by atoms with E-state index in [0.29, 0.717) is 5.92 Å². The van der Waals surface area contributed by atoms with E-state index in [0.717, 1.165) is 29.3 Å². The third-order valence-electron chi connectivity index (χ3n) is 3.46. The Hall–Kier alpha value is -1.49. The molecule has 0 N–H and O–H groups in total. The van der Waals surface area contributed by atoms with E-state index in [1.54, 1.807) is 12.1 Å². The van der Waals surface area contributed by atoms with Crippen molar-refractivity contribution in [3.05, 3.63) is 58.6 Å². The number of ether oxygens (including phenoxy) is 1. The fourth-order valence-corrected chi connectivity index (χ4v) is 2.88. The first kappa shape index (κ1) is 17.9. The molecule has 23 heavy (non-hydrogen) atoms. The second-order valence-corrected chi connectivity index (χ2v) is 6.29. The molecule has 1 aliphatic rings. The summed E-state index contributed by atoms with van der Waals surface area (Å²) in [6.45, 7) is 0. The van der Waals surface area contributed by atoms with Gasteiger partial charge in [-0.15, -0.1) is 13.2 Å². The van der Waals surface area contributed by atoms with Crippen LogP contribution >= 0.6 is 15.9 Å². The highest BCUT2D eigenvalue weighted by atomic mass is 79.9. The average molecular weight is 387 g/mol. The van der Waals surface area contributed by atoms with Crippen LogP contribution in [-0.4, -0.2) is 6.36 Å². The van der Waals surface area contributed by atoms with E-state index in [-0.39, 0.29) is 5.75 Å². The lowest BCUT2D eigenvalue weighted by molar-refractivity contribution is -0.274. The number of allylic oxidation sites excluding steroid dienone is 5. The molecular weight excluding hydrogens is 369 g/mol. The quantitative estimate of drug-likeness (QED) is 0.566. The van der Waals surface area contributed by atoms with E-state index >= 15 is 0 Å². The molecule has 1 aliphatic carbocycles. The summed E-state index contributed by atoms with van der Waals surface area (Å²) in [6.07, 6.45) is 10.2. The normalized spacial score (nSPS) is 23.5. The zero-order valence-corrected chi connectivity index (χ0v) is 14.1. The minimum absolute atomic E-state index is 0.204. The van der Waals surface area contributed by atoms with Gasteiger partial charge < -0.3 is 4.74 Å². The van der Waals surface area contributed by atoms with Crippen molar-refractivity contribution in [2.75, 3.05) is 0 Å². The van der Waals surface area contributed by atoms with Gasteiger partial charge in [-0.05, 0) is 42.9 Å². The molecule has 0 saturated heterocycles. The summed E-state index contributed by atoms with van der Waals surface area (Å²) in [5, 5.41) is 0. The second-order valence-electron chi connectivity index (χ2n) is 5.38. The summed E-state index contributed by atoms with van der Waals surface area (Å²) in [5.41, 5.74) is 0.847. The molecule has 0 bridgehead atoms. The number of hydrogen-bond donors (Lipinski definition) is 0. The Labute approximate surface area is 142 Å². The van der Waals surface area contributed by atoms with Gasteiger partial charge in [0.2, 0.25) is 0 Å². The summed E-state index contributed by atoms with van der Waals surface area (Å²) >= 11 is 3.53. The van der Waals surface area contributed by atoms with Crippen molar-refractivity contribution in [1.29, 1.82) is 0 Å². The van der Waals surface area contributed by atoms with Gasteiger partial charge in [0.05, 0.1) is 0 Å². The number of halogens is 4. The molecule has 5 heteroatoms. The third-order valence-corrected chi connectivity index (χ3v) is 3.99. The maximum absolute atomic E-state index is 12.1. The highest BCUT2D eigenvalue weighted by Gasteiger charge is 2.30. The summed E-state index contributed by atoms with van der Waals surface area (Å²) < 4.78 is 41.3. The number of hydrogen-bond acceptors (Lipinski definition) is 1. The van der Waals surface area contributed by atoms with Crippen LogP contribution in [0.1, 0.15) is 31.2 Å². The van der Waals surface area contributed by atoms with E-state index in [9.17, 15) is 13.2 Å². The van der Waals surface area contributed by atoms with Crippen LogP contribution in [-0.2, 0) is 0 Å². The molecule has 1 nitrogen and oxygen atoms in total. The maximum atomic E-state index is 12.1. The first-order valence-corrected chi connectivity index (χ1v) is 8.29. The molecule has 2 rings (SSSR count). The number of alkyl halides is 3. The van der Waals surface area contributed by atoms with Gasteiger partial charge in [0, 0.05) is 4.48 Å². The summed E-state index contributed by atoms with van der Waals surface area (Å²) in [5.74, 6) is 0.100. The number of rotatable bonds is 3. The van der Waals surface area contributed by atoms with Crippen molar-refractivity contribution < 1.29 is 17.9 Å². The monoisotopic (exact) mass is 386 g/mol. The maximum Gasteiger partial charge on any atom is 0.573 e. The van der Waals surface area contributed by atoms with Crippen molar-refractivity contribution in [3.8, 4) is 5.75 Å². The van der Waals surface area contributed by atoms with Crippen molar-refractivity contribution >= 4 is 22.0 Å². The molecule has 0 spiro atoms. The Bertz CT molecular complexity index is 585. The lowest BCUT2D eigenvalue weighted by Crippen LogP contribution is -2.16. The lowest BCUT2D eigenvalue weighted by Gasteiger charge is -2.09. The fourth-order valence-electron chi connectivity index (χ4n) is 2.35. The topological polar surface area (TPSA) is 9.23 Å². The fraction of sp³-hybridized carbons (Fsp3) is 0.333. The number of benzene rings is 1. The van der Waals surface area contributed by atoms with Gasteiger partial charge in [0.1, 0.15) is 5.75 Å². The average Bonchev–Trinajstić information content (AvgIpc) is 2.57. The van der Waals surface area contributed by atoms with Gasteiger partial charge in [0.15, 0.2) is 0 Å². The van der Waals surface area contributed by atoms with E-state index in [4.69, 9.17) is 0 Å². The summed E-state index contributed by atoms with van der Waals surface area (Å²) in [7, 11) is 0. The van der Waals surface area contributed by atoms with Gasteiger partial charge in [-0.1, -0.05) is 64.9 Å². The molecular formula is C18H18BrF3O. The predicted octanol–water partition coefficient (Wildman–Crippen LogP) is 6.62. The van der Waals surface area contributed by atoms with Gasteiger partial charge in [0.25, 0.3) is 0 Å². The zero-order valence-electron chi connectivity index (χ0n) is 12.5. The molecule has 1 atom stereocenters. The highest BCUT2D eigenvalue weighted by Crippen LogP contribution is 2.24. The molecule has 0 fully saturated rings. The van der Waals surface area contributed by atoms with Crippen molar-refractivity contribution in [2.45, 2.75) is 32.0 Å². The van der Waals surface area contributed by atoms with Crippen LogP contribution in [0.15, 0.2) is 53.1 Å². The van der Waals surface area contributed by atoms with Gasteiger partial charge in [-0.2, -0.15) is 0 Å². The van der Waals surface area contributed by atoms with Gasteiger partial charge in [-0.3, -0.25) is 0 Å². The molecule has 1 aromatic rings. The predicted molar refractivity (Wildman–Crippen MR) is 90.3 cm³/mol. The van der Waals surface area contributed by atoms with E-state index in [1.807, 2.05) is 6.08 Å². The van der Waals surface area contributed by atoms with Crippen LogP contribution in [0, 0.1) is 5.92 Å². The Morgan fingerprint density at radius 3 is 2.57 bits per heavy atom. The van der Waals surface area contributed by atoms with Crippen LogP contribution in [0.2, 0.25) is 0 Å². The minimum atomic E-state index is -4.65. The first-order valence-electron chi connectivity index (χ1n) is 7.50. The summed E-state index contributed by atoms with van der Waals surface area (Å²) in [4.78, 5) is 0. The smallest absolute Gasteiger partial charge is 0.406 e. The Morgan fingerprint density at radius 1 is 1.13 bits per heavy atom. The van der Waals surface area contributed by atoms with E-state index < -0.39 is 6.36 Å². The molecule has 0 saturated carbocycles. The lowest BCUT2D eigenvalue weighted by atomic mass is 9.99. The molecule has 0 radical (unpaired) electrons. The zero-order chi connectivity index (χ0) is 16.7. The highest BCUT2D eigenvalue weighted by molar-refractivity contribution is 9.11. The summed E-state index contributed by atoms with van der Waals surface area (Å²) in [6, 6.07) is 5.88. The first-order chi connectivity index (χ1) is 10.9. The van der Waals surface area contributed by atoms with Crippen LogP contribution in [0.4, 0.5) is 13.2 Å². The van der Waals surface area contributed by atoms with Crippen LogP contribution in [0.5, 0.6) is 5.75 Å². The van der Waals surface area contributed by atoms with Crippen LogP contribution in [0.25, 0.3) is 6.08 Å². The molecule has 0 amide bonds. The molecule has 0 heterocycles. The Kier molecular flexibility index (Phi) is 6.51. The van der Waals surface area contributed by atoms with Crippen molar-refractivity contribution in [3.63, 3.8) is 0 Å². The van der Waals surface area contributed by atoms with Gasteiger partial charge >= 0.3 is 6.36 Å². The second kappa shape index (κ2) is 8.39. The standard InChI is InChI=1S/C18H18BrF3O/c19-16-6-4-2-1-3-5-15(13-16)8-7-14-9-11-17(12-10-14)23-18(20,21)22/h4,6-13,15H,1-3,5H2/b6-4-,8-7+,16-13+. The molecule has 0 aliphatic heterocycles. The van der Waals surface area contributed by atoms with Crippen molar-refractivity contribution in [1.82, 2.24) is 0 Å². The largest absolute Gasteiger partial charge is 0.573 e. The van der Waals surface area contributed by atoms with Gasteiger partial charge in [-0.25, -0.2) is 0 Å². The van der Waals surface area contributed by atoms with E-state index in [2.05, 4.69) is 45.0 Å². The Balaban J connectivity index is 2.02. The van der Waals surface area contributed by atoms with Crippen molar-refractivity contribution in [2.24, 2.45) is 5.92 Å². The minimum Gasteiger partial charge on any atom is -0.406 e. The van der Waals surface area contributed by atoms with Crippen LogP contribution in [0.3, 0.4) is 0 Å². The molecule has 1 unspecified atom stereocenters.